The monoisotopic (exact) mass is 369 g/mol. The van der Waals surface area contributed by atoms with Crippen molar-refractivity contribution in [2.24, 2.45) is 0 Å². The Bertz CT molecular complexity index is 875. The highest BCUT2D eigenvalue weighted by atomic mass is 16.7. The Morgan fingerprint density at radius 2 is 1.70 bits per heavy atom. The summed E-state index contributed by atoms with van der Waals surface area (Å²) in [4.78, 5) is 35.5. The SMILES string of the molecule is CC(=O)N[C@@H](C)c1ccc(C(=O)COC(=O)c2ccc3c(c2)OCO3)cc1. The van der Waals surface area contributed by atoms with Crippen molar-refractivity contribution in [3.05, 3.63) is 59.2 Å². The average Bonchev–Trinajstić information content (AvgIpc) is 3.13. The smallest absolute Gasteiger partial charge is 0.338 e. The molecule has 2 aromatic rings. The molecule has 140 valence electrons. The molecule has 0 aliphatic carbocycles. The van der Waals surface area contributed by atoms with Crippen LogP contribution in [-0.2, 0) is 9.53 Å². The van der Waals surface area contributed by atoms with E-state index in [1.54, 1.807) is 36.4 Å². The predicted molar refractivity (Wildman–Crippen MR) is 95.9 cm³/mol. The molecular formula is C20H19NO6. The predicted octanol–water partition coefficient (Wildman–Crippen LogP) is 2.65. The maximum atomic E-state index is 12.2. The van der Waals surface area contributed by atoms with Crippen molar-refractivity contribution in [3.63, 3.8) is 0 Å². The summed E-state index contributed by atoms with van der Waals surface area (Å²) >= 11 is 0. The topological polar surface area (TPSA) is 90.9 Å². The molecule has 1 aliphatic heterocycles. The number of benzene rings is 2. The van der Waals surface area contributed by atoms with E-state index in [0.29, 0.717) is 17.1 Å². The Labute approximate surface area is 156 Å². The van der Waals surface area contributed by atoms with Gasteiger partial charge in [0.15, 0.2) is 23.9 Å². The molecule has 2 aromatic carbocycles. The van der Waals surface area contributed by atoms with Crippen LogP contribution in [0.15, 0.2) is 42.5 Å². The standard InChI is InChI=1S/C20H19NO6/c1-12(21-13(2)22)14-3-5-15(6-4-14)17(23)10-25-20(24)16-7-8-18-19(9-16)27-11-26-18/h3-9,12H,10-11H2,1-2H3,(H,21,22)/t12-/m0/s1. The Morgan fingerprint density at radius 3 is 2.41 bits per heavy atom. The molecule has 1 heterocycles. The van der Waals surface area contributed by atoms with E-state index in [-0.39, 0.29) is 36.7 Å². The van der Waals surface area contributed by atoms with Crippen molar-refractivity contribution in [2.75, 3.05) is 13.4 Å². The van der Waals surface area contributed by atoms with Crippen LogP contribution >= 0.6 is 0 Å². The minimum atomic E-state index is -0.613. The molecular weight excluding hydrogens is 350 g/mol. The first-order valence-electron chi connectivity index (χ1n) is 8.41. The fourth-order valence-electron chi connectivity index (χ4n) is 2.67. The normalized spacial score (nSPS) is 13.0. The summed E-state index contributed by atoms with van der Waals surface area (Å²) in [6.45, 7) is 3.05. The van der Waals surface area contributed by atoms with Gasteiger partial charge in [-0.2, -0.15) is 0 Å². The minimum absolute atomic E-state index is 0.114. The summed E-state index contributed by atoms with van der Waals surface area (Å²) in [6, 6.07) is 11.3. The van der Waals surface area contributed by atoms with Crippen LogP contribution < -0.4 is 14.8 Å². The van der Waals surface area contributed by atoms with Crippen molar-refractivity contribution < 1.29 is 28.6 Å². The zero-order chi connectivity index (χ0) is 19.4. The number of hydrogen-bond acceptors (Lipinski definition) is 6. The molecule has 0 fully saturated rings. The molecule has 1 atom stereocenters. The lowest BCUT2D eigenvalue weighted by atomic mass is 10.0. The van der Waals surface area contributed by atoms with E-state index in [2.05, 4.69) is 5.32 Å². The zero-order valence-electron chi connectivity index (χ0n) is 15.0. The van der Waals surface area contributed by atoms with Gasteiger partial charge in [-0.15, -0.1) is 0 Å². The zero-order valence-corrected chi connectivity index (χ0v) is 15.0. The highest BCUT2D eigenvalue weighted by molar-refractivity contribution is 5.99. The first kappa shape index (κ1) is 18.4. The van der Waals surface area contributed by atoms with Gasteiger partial charge in [0, 0.05) is 12.5 Å². The van der Waals surface area contributed by atoms with E-state index in [4.69, 9.17) is 14.2 Å². The molecule has 0 bridgehead atoms. The summed E-state index contributed by atoms with van der Waals surface area (Å²) in [5.41, 5.74) is 1.58. The molecule has 0 radical (unpaired) electrons. The summed E-state index contributed by atoms with van der Waals surface area (Å²) in [5.74, 6) is -0.0191. The summed E-state index contributed by atoms with van der Waals surface area (Å²) in [6.07, 6.45) is 0. The number of Topliss-reactive ketones (excluding diaryl/α,β-unsaturated/α-hetero) is 1. The van der Waals surface area contributed by atoms with Gasteiger partial charge in [0.1, 0.15) is 0 Å². The van der Waals surface area contributed by atoms with Gasteiger partial charge in [-0.25, -0.2) is 4.79 Å². The van der Waals surface area contributed by atoms with Crippen LogP contribution in [0.4, 0.5) is 0 Å². The molecule has 0 unspecified atom stereocenters. The van der Waals surface area contributed by atoms with Gasteiger partial charge in [0.25, 0.3) is 0 Å². The van der Waals surface area contributed by atoms with E-state index in [9.17, 15) is 14.4 Å². The van der Waals surface area contributed by atoms with Crippen molar-refractivity contribution >= 4 is 17.7 Å². The van der Waals surface area contributed by atoms with E-state index in [1.165, 1.54) is 13.0 Å². The highest BCUT2D eigenvalue weighted by Gasteiger charge is 2.18. The van der Waals surface area contributed by atoms with E-state index < -0.39 is 5.97 Å². The molecule has 7 heteroatoms. The Hall–Kier alpha value is -3.35. The second kappa shape index (κ2) is 7.90. The number of ketones is 1. The molecule has 1 N–H and O–H groups in total. The molecule has 0 saturated heterocycles. The molecule has 1 amide bonds. The largest absolute Gasteiger partial charge is 0.454 e. The van der Waals surface area contributed by atoms with Crippen LogP contribution in [-0.4, -0.2) is 31.1 Å². The molecule has 3 rings (SSSR count). The van der Waals surface area contributed by atoms with Crippen LogP contribution in [0, 0.1) is 0 Å². The summed E-state index contributed by atoms with van der Waals surface area (Å²) in [5, 5.41) is 2.77. The van der Waals surface area contributed by atoms with E-state index in [0.717, 1.165) is 5.56 Å². The number of rotatable bonds is 6. The van der Waals surface area contributed by atoms with E-state index in [1.807, 2.05) is 6.92 Å². The second-order valence-corrected chi connectivity index (χ2v) is 6.11. The van der Waals surface area contributed by atoms with Crippen LogP contribution in [0.3, 0.4) is 0 Å². The number of fused-ring (bicyclic) bond motifs is 1. The maximum absolute atomic E-state index is 12.2. The van der Waals surface area contributed by atoms with Crippen molar-refractivity contribution in [2.45, 2.75) is 19.9 Å². The second-order valence-electron chi connectivity index (χ2n) is 6.11. The van der Waals surface area contributed by atoms with Gasteiger partial charge in [0.2, 0.25) is 12.7 Å². The van der Waals surface area contributed by atoms with Crippen molar-refractivity contribution in [1.82, 2.24) is 5.32 Å². The number of amides is 1. The minimum Gasteiger partial charge on any atom is -0.454 e. The van der Waals surface area contributed by atoms with Gasteiger partial charge < -0.3 is 19.5 Å². The maximum Gasteiger partial charge on any atom is 0.338 e. The Morgan fingerprint density at radius 1 is 1.04 bits per heavy atom. The molecule has 0 spiro atoms. The molecule has 7 nitrogen and oxygen atoms in total. The lowest BCUT2D eigenvalue weighted by molar-refractivity contribution is -0.119. The van der Waals surface area contributed by atoms with Gasteiger partial charge in [-0.1, -0.05) is 24.3 Å². The number of carbonyl (C=O) groups excluding carboxylic acids is 3. The quantitative estimate of drug-likeness (QED) is 0.622. The number of hydrogen-bond donors (Lipinski definition) is 1. The molecule has 1 aliphatic rings. The molecule has 0 saturated carbocycles. The third-order valence-electron chi connectivity index (χ3n) is 4.10. The third kappa shape index (κ3) is 4.44. The van der Waals surface area contributed by atoms with Gasteiger partial charge in [-0.3, -0.25) is 9.59 Å². The van der Waals surface area contributed by atoms with Crippen LogP contribution in [0.5, 0.6) is 11.5 Å². The highest BCUT2D eigenvalue weighted by Crippen LogP contribution is 2.32. The number of nitrogens with one attached hydrogen (secondary N) is 1. The molecule has 27 heavy (non-hydrogen) atoms. The summed E-state index contributed by atoms with van der Waals surface area (Å²) < 4.78 is 15.5. The number of carbonyl (C=O) groups is 3. The van der Waals surface area contributed by atoms with Gasteiger partial charge >= 0.3 is 5.97 Å². The van der Waals surface area contributed by atoms with Crippen molar-refractivity contribution in [1.29, 1.82) is 0 Å². The van der Waals surface area contributed by atoms with Crippen LogP contribution in [0.25, 0.3) is 0 Å². The fourth-order valence-corrected chi connectivity index (χ4v) is 2.67. The average molecular weight is 369 g/mol. The number of esters is 1. The van der Waals surface area contributed by atoms with Crippen LogP contribution in [0.2, 0.25) is 0 Å². The Kier molecular flexibility index (Phi) is 5.40. The molecule has 0 aromatic heterocycles. The Balaban J connectivity index is 1.57. The lowest BCUT2D eigenvalue weighted by Crippen LogP contribution is -2.23. The van der Waals surface area contributed by atoms with Gasteiger partial charge in [-0.05, 0) is 30.7 Å². The van der Waals surface area contributed by atoms with E-state index >= 15 is 0 Å². The summed E-state index contributed by atoms with van der Waals surface area (Å²) in [7, 11) is 0. The third-order valence-corrected chi connectivity index (χ3v) is 4.10. The van der Waals surface area contributed by atoms with Crippen molar-refractivity contribution in [3.8, 4) is 11.5 Å². The number of ether oxygens (including phenoxy) is 3. The fraction of sp³-hybridized carbons (Fsp3) is 0.250. The lowest BCUT2D eigenvalue weighted by Gasteiger charge is -2.13. The first-order chi connectivity index (χ1) is 12.9. The van der Waals surface area contributed by atoms with Gasteiger partial charge in [0.05, 0.1) is 11.6 Å². The van der Waals surface area contributed by atoms with Crippen LogP contribution in [0.1, 0.15) is 46.2 Å². The first-order valence-corrected chi connectivity index (χ1v) is 8.41.